The molecule has 4 rings (SSSR count). The highest BCUT2D eigenvalue weighted by atomic mass is 28.3. The Morgan fingerprint density at radius 1 is 0.633 bits per heavy atom. The SMILES string of the molecule is CC(C)[Si](c1ccc2c(c1)c1ccccc1n2Cc1ccccc1)(C(C)C)C(C)C. The summed E-state index contributed by atoms with van der Waals surface area (Å²) in [4.78, 5) is 0. The van der Waals surface area contributed by atoms with Gasteiger partial charge in [-0.25, -0.2) is 0 Å². The van der Waals surface area contributed by atoms with Crippen LogP contribution in [0.3, 0.4) is 0 Å². The summed E-state index contributed by atoms with van der Waals surface area (Å²) >= 11 is 0. The van der Waals surface area contributed by atoms with Crippen molar-refractivity contribution in [1.82, 2.24) is 4.57 Å². The van der Waals surface area contributed by atoms with E-state index in [1.807, 2.05) is 0 Å². The molecule has 1 aromatic heterocycles. The first-order valence-electron chi connectivity index (χ1n) is 11.4. The summed E-state index contributed by atoms with van der Waals surface area (Å²) < 4.78 is 2.49. The number of benzene rings is 3. The molecule has 0 spiro atoms. The molecule has 0 saturated carbocycles. The van der Waals surface area contributed by atoms with E-state index in [0.29, 0.717) is 16.6 Å². The van der Waals surface area contributed by atoms with Gasteiger partial charge >= 0.3 is 0 Å². The van der Waals surface area contributed by atoms with Crippen molar-refractivity contribution in [2.45, 2.75) is 64.7 Å². The number of nitrogens with zero attached hydrogens (tertiary/aromatic N) is 1. The maximum absolute atomic E-state index is 2.56. The molecule has 0 bridgehead atoms. The quantitative estimate of drug-likeness (QED) is 0.285. The predicted octanol–water partition coefficient (Wildman–Crippen LogP) is 7.73. The maximum Gasteiger partial charge on any atom is 0.0942 e. The standard InChI is InChI=1S/C28H35NSi/c1-20(2)30(21(3)4,22(5)6)24-16-17-28-26(18-24)25-14-10-11-15-27(25)29(28)19-23-12-8-7-9-13-23/h7-18,20-22H,19H2,1-6H3. The molecular weight excluding hydrogens is 378 g/mol. The second kappa shape index (κ2) is 8.07. The van der Waals surface area contributed by atoms with Crippen LogP contribution in [0.1, 0.15) is 47.1 Å². The van der Waals surface area contributed by atoms with Crippen molar-refractivity contribution in [2.24, 2.45) is 0 Å². The first-order chi connectivity index (χ1) is 14.4. The lowest BCUT2D eigenvalue weighted by atomic mass is 10.1. The molecule has 2 heteroatoms. The number of rotatable bonds is 6. The van der Waals surface area contributed by atoms with E-state index < -0.39 is 8.07 Å². The van der Waals surface area contributed by atoms with Gasteiger partial charge in [-0.15, -0.1) is 0 Å². The van der Waals surface area contributed by atoms with Crippen LogP contribution in [-0.4, -0.2) is 12.6 Å². The molecule has 0 saturated heterocycles. The van der Waals surface area contributed by atoms with Crippen molar-refractivity contribution < 1.29 is 0 Å². The van der Waals surface area contributed by atoms with E-state index in [1.54, 1.807) is 5.19 Å². The van der Waals surface area contributed by atoms with Crippen molar-refractivity contribution >= 4 is 35.1 Å². The van der Waals surface area contributed by atoms with Crippen LogP contribution in [0.4, 0.5) is 0 Å². The highest BCUT2D eigenvalue weighted by molar-refractivity contribution is 6.95. The second-order valence-electron chi connectivity index (χ2n) is 9.72. The third kappa shape index (κ3) is 3.22. The van der Waals surface area contributed by atoms with E-state index >= 15 is 0 Å². The van der Waals surface area contributed by atoms with Crippen molar-refractivity contribution in [3.05, 3.63) is 78.4 Å². The van der Waals surface area contributed by atoms with E-state index in [1.165, 1.54) is 27.4 Å². The smallest absolute Gasteiger partial charge is 0.0942 e. The number of hydrogen-bond donors (Lipinski definition) is 0. The molecule has 1 nitrogen and oxygen atoms in total. The van der Waals surface area contributed by atoms with Crippen molar-refractivity contribution in [2.75, 3.05) is 0 Å². The average molecular weight is 414 g/mol. The van der Waals surface area contributed by atoms with Crippen LogP contribution in [0.5, 0.6) is 0 Å². The Kier molecular flexibility index (Phi) is 5.63. The van der Waals surface area contributed by atoms with Gasteiger partial charge in [-0.05, 0) is 34.3 Å². The van der Waals surface area contributed by atoms with Crippen molar-refractivity contribution in [1.29, 1.82) is 0 Å². The third-order valence-corrected chi connectivity index (χ3v) is 14.4. The number of para-hydroxylation sites is 1. The third-order valence-electron chi connectivity index (χ3n) is 7.32. The van der Waals surface area contributed by atoms with E-state index in [9.17, 15) is 0 Å². The highest BCUT2D eigenvalue weighted by Gasteiger charge is 2.44. The summed E-state index contributed by atoms with van der Waals surface area (Å²) in [5.74, 6) is 0. The molecule has 0 unspecified atom stereocenters. The lowest BCUT2D eigenvalue weighted by Crippen LogP contribution is -2.55. The molecule has 3 aromatic carbocycles. The zero-order valence-electron chi connectivity index (χ0n) is 19.3. The largest absolute Gasteiger partial charge is 0.336 e. The van der Waals surface area contributed by atoms with Gasteiger partial charge in [0, 0.05) is 28.4 Å². The van der Waals surface area contributed by atoms with Crippen molar-refractivity contribution in [3.8, 4) is 0 Å². The monoisotopic (exact) mass is 413 g/mol. The van der Waals surface area contributed by atoms with Gasteiger partial charge in [0.15, 0.2) is 0 Å². The fraction of sp³-hybridized carbons (Fsp3) is 0.357. The highest BCUT2D eigenvalue weighted by Crippen LogP contribution is 2.42. The van der Waals surface area contributed by atoms with Gasteiger partial charge in [-0.1, -0.05) is 107 Å². The fourth-order valence-electron chi connectivity index (χ4n) is 6.26. The van der Waals surface area contributed by atoms with Gasteiger partial charge < -0.3 is 4.57 Å². The summed E-state index contributed by atoms with van der Waals surface area (Å²) in [6.07, 6.45) is 0. The van der Waals surface area contributed by atoms with Crippen LogP contribution in [0, 0.1) is 0 Å². The zero-order valence-corrected chi connectivity index (χ0v) is 20.3. The van der Waals surface area contributed by atoms with Gasteiger partial charge in [0.25, 0.3) is 0 Å². The minimum Gasteiger partial charge on any atom is -0.336 e. The van der Waals surface area contributed by atoms with E-state index in [4.69, 9.17) is 0 Å². The number of aromatic nitrogens is 1. The van der Waals surface area contributed by atoms with Crippen LogP contribution in [0.15, 0.2) is 72.8 Å². The molecule has 0 atom stereocenters. The molecule has 156 valence electrons. The summed E-state index contributed by atoms with van der Waals surface area (Å²) in [5, 5.41) is 4.42. The molecule has 0 N–H and O–H groups in total. The molecule has 0 aliphatic rings. The minimum absolute atomic E-state index is 0.715. The molecule has 0 radical (unpaired) electrons. The van der Waals surface area contributed by atoms with Crippen LogP contribution in [0.25, 0.3) is 21.8 Å². The second-order valence-corrected chi connectivity index (χ2v) is 15.6. The summed E-state index contributed by atoms with van der Waals surface area (Å²) in [5.41, 5.74) is 6.18. The minimum atomic E-state index is -1.68. The van der Waals surface area contributed by atoms with Crippen molar-refractivity contribution in [3.63, 3.8) is 0 Å². The van der Waals surface area contributed by atoms with Gasteiger partial charge in [0.1, 0.15) is 0 Å². The lowest BCUT2D eigenvalue weighted by molar-refractivity contribution is 0.835. The first kappa shape index (κ1) is 20.9. The Morgan fingerprint density at radius 3 is 1.83 bits per heavy atom. The number of hydrogen-bond acceptors (Lipinski definition) is 0. The van der Waals surface area contributed by atoms with Crippen LogP contribution < -0.4 is 5.19 Å². The van der Waals surface area contributed by atoms with Gasteiger partial charge in [-0.3, -0.25) is 0 Å². The van der Waals surface area contributed by atoms with E-state index in [2.05, 4.69) is 119 Å². The van der Waals surface area contributed by atoms with Crippen LogP contribution in [-0.2, 0) is 6.54 Å². The van der Waals surface area contributed by atoms with Gasteiger partial charge in [0.05, 0.1) is 8.07 Å². The molecule has 4 aromatic rings. The summed E-state index contributed by atoms with van der Waals surface area (Å²) in [7, 11) is -1.68. The molecule has 0 fully saturated rings. The Balaban J connectivity index is 1.97. The van der Waals surface area contributed by atoms with Crippen LogP contribution in [0.2, 0.25) is 16.6 Å². The Labute approximate surface area is 182 Å². The maximum atomic E-state index is 2.56. The predicted molar refractivity (Wildman–Crippen MR) is 136 cm³/mol. The molecular formula is C28H35NSi. The van der Waals surface area contributed by atoms with Crippen LogP contribution >= 0.6 is 0 Å². The average Bonchev–Trinajstić information content (AvgIpc) is 3.02. The number of fused-ring (bicyclic) bond motifs is 3. The van der Waals surface area contributed by atoms with Gasteiger partial charge in [-0.2, -0.15) is 0 Å². The Morgan fingerprint density at radius 2 is 1.20 bits per heavy atom. The summed E-state index contributed by atoms with van der Waals surface area (Å²) in [6, 6.07) is 27.2. The molecule has 30 heavy (non-hydrogen) atoms. The fourth-order valence-corrected chi connectivity index (χ4v) is 13.0. The molecule has 0 aliphatic heterocycles. The van der Waals surface area contributed by atoms with E-state index in [-0.39, 0.29) is 0 Å². The molecule has 0 amide bonds. The first-order valence-corrected chi connectivity index (χ1v) is 13.7. The van der Waals surface area contributed by atoms with E-state index in [0.717, 1.165) is 6.54 Å². The Bertz CT molecular complexity index is 1130. The topological polar surface area (TPSA) is 4.93 Å². The molecule has 0 aliphatic carbocycles. The molecule has 1 heterocycles. The zero-order chi connectivity index (χ0) is 21.5. The lowest BCUT2D eigenvalue weighted by Gasteiger charge is -2.43. The van der Waals surface area contributed by atoms with Gasteiger partial charge in [0.2, 0.25) is 0 Å². The summed E-state index contributed by atoms with van der Waals surface area (Å²) in [6.45, 7) is 15.6. The normalized spacial score (nSPS) is 12.7. The Hall–Kier alpha value is -2.32.